The Morgan fingerprint density at radius 2 is 1.30 bits per heavy atom. The molecule has 0 saturated heterocycles. The van der Waals surface area contributed by atoms with Gasteiger partial charge in [-0.2, -0.15) is 0 Å². The molecule has 20 heavy (non-hydrogen) atoms. The molecule has 1 rings (SSSR count). The number of rotatable bonds is 7. The smallest absolute Gasteiger partial charge is 0.235 e. The predicted molar refractivity (Wildman–Crippen MR) is 93.6 cm³/mol. The number of halogens is 3. The van der Waals surface area contributed by atoms with Crippen molar-refractivity contribution in [3.8, 4) is 0 Å². The number of amides is 2. The summed E-state index contributed by atoms with van der Waals surface area (Å²) in [6.07, 6.45) is 0. The van der Waals surface area contributed by atoms with Gasteiger partial charge >= 0.3 is 0 Å². The molecule has 5 nitrogen and oxygen atoms in total. The molecule has 1 aromatic rings. The number of hydrogen-bond donors (Lipinski definition) is 3. The zero-order chi connectivity index (χ0) is 15.0. The third-order valence-electron chi connectivity index (χ3n) is 2.17. The summed E-state index contributed by atoms with van der Waals surface area (Å²) in [6, 6.07) is 5.33. The molecule has 0 aliphatic carbocycles. The van der Waals surface area contributed by atoms with Crippen LogP contribution in [0.3, 0.4) is 0 Å². The minimum Gasteiger partial charge on any atom is -0.384 e. The Balaban J connectivity index is 2.94. The summed E-state index contributed by atoms with van der Waals surface area (Å²) < 4.78 is 0. The molecule has 0 aliphatic rings. The van der Waals surface area contributed by atoms with Gasteiger partial charge in [0, 0.05) is 28.9 Å². The summed E-state index contributed by atoms with van der Waals surface area (Å²) in [4.78, 5) is 22.8. The molecular weight excluding hydrogens is 458 g/mol. The Bertz CT molecular complexity index is 447. The highest BCUT2D eigenvalue weighted by Gasteiger charge is 2.06. The molecule has 3 N–H and O–H groups in total. The van der Waals surface area contributed by atoms with Crippen LogP contribution in [-0.4, -0.2) is 34.3 Å². The molecule has 0 aliphatic heterocycles. The van der Waals surface area contributed by atoms with Crippen molar-refractivity contribution in [2.24, 2.45) is 0 Å². The molecule has 0 saturated carbocycles. The molecule has 1 aromatic carbocycles. The van der Waals surface area contributed by atoms with Crippen LogP contribution in [0, 0.1) is 0 Å². The second kappa shape index (κ2) is 9.36. The monoisotopic (exact) mass is 469 g/mol. The SMILES string of the molecule is O=C(CBr)Nc1cc(NCCBr)cc(NC(=O)CBr)c1. The van der Waals surface area contributed by atoms with E-state index < -0.39 is 0 Å². The number of carbonyl (C=O) groups excluding carboxylic acids is 2. The lowest BCUT2D eigenvalue weighted by atomic mass is 10.2. The van der Waals surface area contributed by atoms with Gasteiger partial charge in [0.1, 0.15) is 0 Å². The minimum absolute atomic E-state index is 0.152. The quantitative estimate of drug-likeness (QED) is 0.535. The summed E-state index contributed by atoms with van der Waals surface area (Å²) in [5, 5.41) is 9.90. The number of alkyl halides is 3. The Kier molecular flexibility index (Phi) is 8.16. The molecule has 8 heteroatoms. The van der Waals surface area contributed by atoms with Gasteiger partial charge in [-0.1, -0.05) is 47.8 Å². The first kappa shape index (κ1) is 17.5. The van der Waals surface area contributed by atoms with Gasteiger partial charge in [0.05, 0.1) is 10.7 Å². The molecule has 0 bridgehead atoms. The highest BCUT2D eigenvalue weighted by atomic mass is 79.9. The Labute approximate surface area is 142 Å². The molecular formula is C12H14Br3N3O2. The fourth-order valence-electron chi connectivity index (χ4n) is 1.45. The number of hydrogen-bond acceptors (Lipinski definition) is 3. The lowest BCUT2D eigenvalue weighted by Crippen LogP contribution is -2.15. The number of anilines is 3. The lowest BCUT2D eigenvalue weighted by Gasteiger charge is -2.12. The van der Waals surface area contributed by atoms with Gasteiger partial charge < -0.3 is 16.0 Å². The van der Waals surface area contributed by atoms with Crippen LogP contribution in [0.15, 0.2) is 18.2 Å². The maximum absolute atomic E-state index is 11.4. The van der Waals surface area contributed by atoms with Gasteiger partial charge in [0.2, 0.25) is 11.8 Å². The van der Waals surface area contributed by atoms with Crippen LogP contribution in [0.1, 0.15) is 0 Å². The zero-order valence-electron chi connectivity index (χ0n) is 10.5. The van der Waals surface area contributed by atoms with E-state index >= 15 is 0 Å². The van der Waals surface area contributed by atoms with Gasteiger partial charge in [-0.15, -0.1) is 0 Å². The predicted octanol–water partition coefficient (Wildman–Crippen LogP) is 3.16. The highest BCUT2D eigenvalue weighted by Crippen LogP contribution is 2.23. The van der Waals surface area contributed by atoms with Crippen LogP contribution in [0.2, 0.25) is 0 Å². The Morgan fingerprint density at radius 3 is 1.70 bits per heavy atom. The van der Waals surface area contributed by atoms with E-state index in [1.807, 2.05) is 12.1 Å². The van der Waals surface area contributed by atoms with E-state index in [2.05, 4.69) is 63.7 Å². The number of nitrogens with one attached hydrogen (secondary N) is 3. The van der Waals surface area contributed by atoms with E-state index in [1.54, 1.807) is 6.07 Å². The van der Waals surface area contributed by atoms with Gasteiger partial charge in [0.15, 0.2) is 0 Å². The van der Waals surface area contributed by atoms with Gasteiger partial charge in [0.25, 0.3) is 0 Å². The molecule has 0 unspecified atom stereocenters. The van der Waals surface area contributed by atoms with Gasteiger partial charge in [-0.25, -0.2) is 0 Å². The zero-order valence-corrected chi connectivity index (χ0v) is 15.3. The summed E-state index contributed by atoms with van der Waals surface area (Å²) >= 11 is 9.52. The Morgan fingerprint density at radius 1 is 0.850 bits per heavy atom. The maximum Gasteiger partial charge on any atom is 0.235 e. The van der Waals surface area contributed by atoms with Crippen LogP contribution in [0.25, 0.3) is 0 Å². The largest absolute Gasteiger partial charge is 0.384 e. The molecule has 0 radical (unpaired) electrons. The number of benzene rings is 1. The van der Waals surface area contributed by atoms with Crippen molar-refractivity contribution in [1.29, 1.82) is 0 Å². The van der Waals surface area contributed by atoms with Crippen LogP contribution in [0.5, 0.6) is 0 Å². The van der Waals surface area contributed by atoms with Crippen LogP contribution in [-0.2, 0) is 9.59 Å². The van der Waals surface area contributed by atoms with Crippen molar-refractivity contribution in [2.45, 2.75) is 0 Å². The lowest BCUT2D eigenvalue weighted by molar-refractivity contribution is -0.114. The molecule has 0 aromatic heterocycles. The third kappa shape index (κ3) is 6.23. The molecule has 0 atom stereocenters. The molecule has 0 spiro atoms. The average molecular weight is 472 g/mol. The van der Waals surface area contributed by atoms with Crippen molar-refractivity contribution >= 4 is 76.7 Å². The Hall–Kier alpha value is -0.600. The first-order chi connectivity index (χ1) is 9.58. The van der Waals surface area contributed by atoms with Crippen molar-refractivity contribution in [3.05, 3.63) is 18.2 Å². The fourth-order valence-corrected chi connectivity index (χ4v) is 1.93. The highest BCUT2D eigenvalue weighted by molar-refractivity contribution is 9.09. The summed E-state index contributed by atoms with van der Waals surface area (Å²) in [7, 11) is 0. The second-order valence-electron chi connectivity index (χ2n) is 3.78. The van der Waals surface area contributed by atoms with E-state index in [9.17, 15) is 9.59 Å². The van der Waals surface area contributed by atoms with Crippen molar-refractivity contribution in [3.63, 3.8) is 0 Å². The van der Waals surface area contributed by atoms with Crippen molar-refractivity contribution in [2.75, 3.05) is 38.5 Å². The van der Waals surface area contributed by atoms with E-state index in [1.165, 1.54) is 0 Å². The van der Waals surface area contributed by atoms with Gasteiger partial charge in [-0.3, -0.25) is 9.59 Å². The normalized spacial score (nSPS) is 9.95. The first-order valence-corrected chi connectivity index (χ1v) is 9.12. The molecule has 2 amide bonds. The second-order valence-corrected chi connectivity index (χ2v) is 5.69. The fraction of sp³-hybridized carbons (Fsp3) is 0.333. The van der Waals surface area contributed by atoms with Crippen LogP contribution < -0.4 is 16.0 Å². The van der Waals surface area contributed by atoms with Crippen LogP contribution >= 0.6 is 47.8 Å². The van der Waals surface area contributed by atoms with E-state index in [4.69, 9.17) is 0 Å². The van der Waals surface area contributed by atoms with E-state index in [0.717, 1.165) is 17.6 Å². The topological polar surface area (TPSA) is 70.2 Å². The van der Waals surface area contributed by atoms with E-state index in [-0.39, 0.29) is 22.5 Å². The molecule has 0 heterocycles. The number of carbonyl (C=O) groups is 2. The van der Waals surface area contributed by atoms with Crippen molar-refractivity contribution < 1.29 is 9.59 Å². The third-order valence-corrected chi connectivity index (χ3v) is 3.58. The summed E-state index contributed by atoms with van der Waals surface area (Å²) in [5.41, 5.74) is 2.07. The van der Waals surface area contributed by atoms with Gasteiger partial charge in [-0.05, 0) is 18.2 Å². The average Bonchev–Trinajstić information content (AvgIpc) is 2.44. The molecule has 0 fully saturated rings. The molecule has 110 valence electrons. The maximum atomic E-state index is 11.4. The van der Waals surface area contributed by atoms with Crippen LogP contribution in [0.4, 0.5) is 17.1 Å². The minimum atomic E-state index is -0.152. The van der Waals surface area contributed by atoms with Crippen molar-refractivity contribution in [1.82, 2.24) is 0 Å². The van der Waals surface area contributed by atoms with E-state index in [0.29, 0.717) is 11.4 Å². The summed E-state index contributed by atoms with van der Waals surface area (Å²) in [5.74, 6) is -0.305. The standard InChI is InChI=1S/C12H14Br3N3O2/c13-1-2-16-8-3-9(17-11(19)6-14)5-10(4-8)18-12(20)7-15/h3-5,16H,1-2,6-7H2,(H,17,19)(H,18,20). The summed E-state index contributed by atoms with van der Waals surface area (Å²) in [6.45, 7) is 0.738. The first-order valence-electron chi connectivity index (χ1n) is 5.75.